The maximum absolute atomic E-state index is 13.1. The van der Waals surface area contributed by atoms with Crippen molar-refractivity contribution in [3.63, 3.8) is 0 Å². The van der Waals surface area contributed by atoms with Gasteiger partial charge in [0.05, 0.1) is 11.8 Å². The molecule has 0 radical (unpaired) electrons. The fraction of sp³-hybridized carbons (Fsp3) is 0.654. The topological polar surface area (TPSA) is 61.4 Å². The van der Waals surface area contributed by atoms with E-state index >= 15 is 0 Å². The first-order chi connectivity index (χ1) is 14.4. The number of hydrazine groups is 1. The molecular weight excluding hydrogens is 372 g/mol. The standard InChI is InChI=1S/C26H34N2O2/c1-24-12-11-20-18(14-22(29)26-15-16(26)10-13-25(20,26)2)19(24)8-9-21(24)23(30)28-27-17-6-4-3-5-7-17/h3-7,9,16,18-20,22,27,29H,8,10-15H2,1-2H3,(H,28,30)/t16-,18+,19+,20+,22+,24+,25-,26+/m1/s1. The van der Waals surface area contributed by atoms with E-state index < -0.39 is 0 Å². The number of rotatable bonds is 3. The summed E-state index contributed by atoms with van der Waals surface area (Å²) in [6.45, 7) is 4.81. The van der Waals surface area contributed by atoms with Crippen molar-refractivity contribution in [2.45, 2.75) is 64.9 Å². The molecular formula is C26H34N2O2. The molecule has 1 aromatic rings. The zero-order valence-corrected chi connectivity index (χ0v) is 18.2. The summed E-state index contributed by atoms with van der Waals surface area (Å²) < 4.78 is 0. The summed E-state index contributed by atoms with van der Waals surface area (Å²) in [6.07, 6.45) is 10.1. The highest BCUT2D eigenvalue weighted by Crippen LogP contribution is 2.81. The van der Waals surface area contributed by atoms with Gasteiger partial charge in [0.15, 0.2) is 0 Å². The maximum atomic E-state index is 13.1. The van der Waals surface area contributed by atoms with Crippen molar-refractivity contribution in [1.29, 1.82) is 0 Å². The highest BCUT2D eigenvalue weighted by Gasteiger charge is 2.76. The van der Waals surface area contributed by atoms with Gasteiger partial charge in [-0.3, -0.25) is 15.6 Å². The van der Waals surface area contributed by atoms with Crippen LogP contribution in [0.3, 0.4) is 0 Å². The Balaban J connectivity index is 1.22. The molecule has 30 heavy (non-hydrogen) atoms. The first-order valence-corrected chi connectivity index (χ1v) is 11.9. The summed E-state index contributed by atoms with van der Waals surface area (Å²) in [5, 5.41) is 11.3. The van der Waals surface area contributed by atoms with Gasteiger partial charge in [-0.15, -0.1) is 0 Å². The Bertz CT molecular complexity index is 913. The molecule has 0 saturated heterocycles. The van der Waals surface area contributed by atoms with Gasteiger partial charge in [0.2, 0.25) is 0 Å². The first kappa shape index (κ1) is 18.9. The largest absolute Gasteiger partial charge is 0.393 e. The lowest BCUT2D eigenvalue weighted by Gasteiger charge is -2.59. The van der Waals surface area contributed by atoms with Crippen LogP contribution in [-0.4, -0.2) is 17.1 Å². The highest BCUT2D eigenvalue weighted by molar-refractivity contribution is 5.96. The number of anilines is 1. The molecule has 5 aliphatic carbocycles. The van der Waals surface area contributed by atoms with Crippen molar-refractivity contribution in [1.82, 2.24) is 5.43 Å². The fourth-order valence-electron chi connectivity index (χ4n) is 8.95. The van der Waals surface area contributed by atoms with Crippen LogP contribution in [0.5, 0.6) is 0 Å². The Morgan fingerprint density at radius 3 is 2.67 bits per heavy atom. The third-order valence-corrected chi connectivity index (χ3v) is 10.5. The van der Waals surface area contributed by atoms with E-state index in [1.54, 1.807) is 0 Å². The third-order valence-electron chi connectivity index (χ3n) is 10.5. The third kappa shape index (κ3) is 2.24. The lowest BCUT2D eigenvalue weighted by molar-refractivity contribution is -0.144. The Kier molecular flexibility index (Phi) is 3.86. The van der Waals surface area contributed by atoms with Crippen molar-refractivity contribution >= 4 is 11.6 Å². The molecule has 0 heterocycles. The number of aliphatic hydroxyl groups is 1. The van der Waals surface area contributed by atoms with E-state index in [-0.39, 0.29) is 22.8 Å². The zero-order valence-electron chi connectivity index (χ0n) is 18.2. The minimum absolute atomic E-state index is 0.00414. The van der Waals surface area contributed by atoms with Gasteiger partial charge in [-0.25, -0.2) is 0 Å². The Labute approximate surface area is 179 Å². The summed E-state index contributed by atoms with van der Waals surface area (Å²) >= 11 is 0. The average Bonchev–Trinajstić information content (AvgIpc) is 3.27. The zero-order chi connectivity index (χ0) is 20.7. The van der Waals surface area contributed by atoms with Gasteiger partial charge in [0.25, 0.3) is 5.91 Å². The van der Waals surface area contributed by atoms with Gasteiger partial charge in [0.1, 0.15) is 0 Å². The molecule has 3 N–H and O–H groups in total. The first-order valence-electron chi connectivity index (χ1n) is 11.9. The summed E-state index contributed by atoms with van der Waals surface area (Å²) in [5.74, 6) is 2.51. The van der Waals surface area contributed by atoms with Crippen LogP contribution in [0.4, 0.5) is 5.69 Å². The number of benzene rings is 1. The number of allylic oxidation sites excluding steroid dienone is 1. The summed E-state index contributed by atoms with van der Waals surface area (Å²) in [5.41, 5.74) is 8.29. The van der Waals surface area contributed by atoms with Crippen LogP contribution in [-0.2, 0) is 4.79 Å². The fourth-order valence-corrected chi connectivity index (χ4v) is 8.95. The lowest BCUT2D eigenvalue weighted by Crippen LogP contribution is -2.56. The van der Waals surface area contributed by atoms with E-state index in [4.69, 9.17) is 0 Å². The van der Waals surface area contributed by atoms with Gasteiger partial charge in [-0.2, -0.15) is 0 Å². The Morgan fingerprint density at radius 2 is 1.90 bits per heavy atom. The molecule has 160 valence electrons. The van der Waals surface area contributed by atoms with E-state index in [0.717, 1.165) is 36.4 Å². The molecule has 0 aliphatic heterocycles. The number of amides is 1. The normalized spacial score (nSPS) is 48.0. The number of nitrogens with one attached hydrogen (secondary N) is 2. The molecule has 8 atom stereocenters. The smallest absolute Gasteiger partial charge is 0.265 e. The minimum Gasteiger partial charge on any atom is -0.393 e. The number of carbonyl (C=O) groups excluding carboxylic acids is 1. The lowest BCUT2D eigenvalue weighted by atomic mass is 9.45. The molecule has 5 aliphatic rings. The Hall–Kier alpha value is -1.81. The van der Waals surface area contributed by atoms with Crippen molar-refractivity contribution in [2.75, 3.05) is 5.43 Å². The van der Waals surface area contributed by atoms with E-state index in [0.29, 0.717) is 23.2 Å². The number of hydrogen-bond acceptors (Lipinski definition) is 3. The number of aliphatic hydroxyl groups excluding tert-OH is 1. The molecule has 0 bridgehead atoms. The summed E-state index contributed by atoms with van der Waals surface area (Å²) in [7, 11) is 0. The van der Waals surface area contributed by atoms with Gasteiger partial charge < -0.3 is 5.11 Å². The second-order valence-electron chi connectivity index (χ2n) is 11.3. The molecule has 4 heteroatoms. The second kappa shape index (κ2) is 6.12. The van der Waals surface area contributed by atoms with Crippen LogP contribution in [0.25, 0.3) is 0 Å². The maximum Gasteiger partial charge on any atom is 0.265 e. The van der Waals surface area contributed by atoms with Crippen molar-refractivity contribution < 1.29 is 9.90 Å². The van der Waals surface area contributed by atoms with E-state index in [1.807, 2.05) is 30.3 Å². The van der Waals surface area contributed by atoms with Crippen LogP contribution in [0.15, 0.2) is 42.0 Å². The van der Waals surface area contributed by atoms with Crippen molar-refractivity contribution in [2.24, 2.45) is 39.9 Å². The molecule has 1 aromatic carbocycles. The van der Waals surface area contributed by atoms with Gasteiger partial charge in [-0.05, 0) is 86.2 Å². The molecule has 4 fully saturated rings. The number of carbonyl (C=O) groups is 1. The Morgan fingerprint density at radius 1 is 1.10 bits per heavy atom. The van der Waals surface area contributed by atoms with Crippen LogP contribution < -0.4 is 10.9 Å². The second-order valence-corrected chi connectivity index (χ2v) is 11.3. The molecule has 4 nitrogen and oxygen atoms in total. The number of para-hydroxylation sites is 1. The van der Waals surface area contributed by atoms with E-state index in [9.17, 15) is 9.90 Å². The van der Waals surface area contributed by atoms with Gasteiger partial charge in [-0.1, -0.05) is 38.1 Å². The van der Waals surface area contributed by atoms with Crippen LogP contribution in [0, 0.1) is 39.9 Å². The SMILES string of the molecule is C[C@]12CC[C@H]3[C@@H](C[C@H](O)[C@]45C[C@H]4CC[C@]35C)[C@@H]1CC=C2C(=O)NNc1ccccc1. The van der Waals surface area contributed by atoms with Crippen LogP contribution in [0.2, 0.25) is 0 Å². The summed E-state index contributed by atoms with van der Waals surface area (Å²) in [6, 6.07) is 9.78. The predicted molar refractivity (Wildman–Crippen MR) is 117 cm³/mol. The van der Waals surface area contributed by atoms with Crippen molar-refractivity contribution in [3.8, 4) is 0 Å². The van der Waals surface area contributed by atoms with E-state index in [2.05, 4.69) is 30.8 Å². The van der Waals surface area contributed by atoms with Gasteiger partial charge >= 0.3 is 0 Å². The summed E-state index contributed by atoms with van der Waals surface area (Å²) in [4.78, 5) is 13.1. The van der Waals surface area contributed by atoms with Gasteiger partial charge in [0, 0.05) is 16.4 Å². The number of hydrogen-bond donors (Lipinski definition) is 3. The molecule has 1 spiro atoms. The van der Waals surface area contributed by atoms with Crippen molar-refractivity contribution in [3.05, 3.63) is 42.0 Å². The molecule has 0 unspecified atom stereocenters. The molecule has 0 aromatic heterocycles. The predicted octanol–water partition coefficient (Wildman–Crippen LogP) is 4.68. The monoisotopic (exact) mass is 406 g/mol. The molecule has 4 saturated carbocycles. The van der Waals surface area contributed by atoms with E-state index in [1.165, 1.54) is 25.7 Å². The molecule has 1 amide bonds. The highest BCUT2D eigenvalue weighted by atomic mass is 16.3. The minimum atomic E-state index is -0.142. The van der Waals surface area contributed by atoms with Crippen LogP contribution in [0.1, 0.15) is 58.8 Å². The number of fused-ring (bicyclic) bond motifs is 4. The van der Waals surface area contributed by atoms with Crippen LogP contribution >= 0.6 is 0 Å². The quantitative estimate of drug-likeness (QED) is 0.639. The average molecular weight is 407 g/mol. The molecule has 6 rings (SSSR count).